The summed E-state index contributed by atoms with van der Waals surface area (Å²) in [5.41, 5.74) is 2.15. The molecule has 4 heteroatoms. The predicted molar refractivity (Wildman–Crippen MR) is 114 cm³/mol. The Kier molecular flexibility index (Phi) is 8.24. The second-order valence-corrected chi connectivity index (χ2v) is 7.95. The molecule has 0 bridgehead atoms. The summed E-state index contributed by atoms with van der Waals surface area (Å²) >= 11 is 0. The van der Waals surface area contributed by atoms with E-state index in [9.17, 15) is 9.59 Å². The highest BCUT2D eigenvalue weighted by Crippen LogP contribution is 2.18. The number of amides is 2. The van der Waals surface area contributed by atoms with Crippen molar-refractivity contribution < 1.29 is 9.59 Å². The molecule has 28 heavy (non-hydrogen) atoms. The summed E-state index contributed by atoms with van der Waals surface area (Å²) in [5, 5.41) is 5.95. The SMILES string of the molecule is CC(C)NC(=O)C(Cc1ccccc1)NC(=O)C(Cc1ccccc1)C(C)C. The first kappa shape index (κ1) is 21.7. The van der Waals surface area contributed by atoms with E-state index in [0.29, 0.717) is 12.8 Å². The van der Waals surface area contributed by atoms with Gasteiger partial charge < -0.3 is 10.6 Å². The van der Waals surface area contributed by atoms with Crippen molar-refractivity contribution in [1.29, 1.82) is 0 Å². The molecule has 0 fully saturated rings. The van der Waals surface area contributed by atoms with Crippen LogP contribution in [0.25, 0.3) is 0 Å². The molecular formula is C24H32N2O2. The van der Waals surface area contributed by atoms with Gasteiger partial charge in [0.05, 0.1) is 0 Å². The zero-order chi connectivity index (χ0) is 20.5. The molecule has 2 rings (SSSR count). The first-order valence-corrected chi connectivity index (χ1v) is 10.1. The average Bonchev–Trinajstić information content (AvgIpc) is 2.66. The van der Waals surface area contributed by atoms with Crippen molar-refractivity contribution in [3.05, 3.63) is 71.8 Å². The molecule has 2 atom stereocenters. The Morgan fingerprint density at radius 1 is 0.714 bits per heavy atom. The second-order valence-electron chi connectivity index (χ2n) is 7.95. The number of benzene rings is 2. The van der Waals surface area contributed by atoms with Gasteiger partial charge in [-0.25, -0.2) is 0 Å². The van der Waals surface area contributed by atoms with E-state index in [2.05, 4.69) is 10.6 Å². The molecule has 2 unspecified atom stereocenters. The maximum Gasteiger partial charge on any atom is 0.243 e. The Labute approximate surface area is 168 Å². The lowest BCUT2D eigenvalue weighted by Gasteiger charge is -2.25. The van der Waals surface area contributed by atoms with Gasteiger partial charge in [-0.05, 0) is 37.3 Å². The largest absolute Gasteiger partial charge is 0.352 e. The summed E-state index contributed by atoms with van der Waals surface area (Å²) < 4.78 is 0. The van der Waals surface area contributed by atoms with Crippen LogP contribution < -0.4 is 10.6 Å². The van der Waals surface area contributed by atoms with Gasteiger partial charge in [-0.3, -0.25) is 9.59 Å². The summed E-state index contributed by atoms with van der Waals surface area (Å²) in [6, 6.07) is 19.2. The molecule has 150 valence electrons. The number of rotatable bonds is 9. The lowest BCUT2D eigenvalue weighted by molar-refractivity contribution is -0.132. The zero-order valence-electron chi connectivity index (χ0n) is 17.3. The highest BCUT2D eigenvalue weighted by molar-refractivity contribution is 5.89. The molecule has 0 aliphatic heterocycles. The summed E-state index contributed by atoms with van der Waals surface area (Å²) in [6.07, 6.45) is 1.13. The van der Waals surface area contributed by atoms with Crippen molar-refractivity contribution in [2.75, 3.05) is 0 Å². The minimum absolute atomic E-state index is 0.0212. The van der Waals surface area contributed by atoms with Crippen molar-refractivity contribution in [3.8, 4) is 0 Å². The van der Waals surface area contributed by atoms with Crippen LogP contribution in [-0.4, -0.2) is 23.9 Å². The van der Waals surface area contributed by atoms with Crippen LogP contribution in [0.3, 0.4) is 0 Å². The minimum atomic E-state index is -0.589. The number of hydrogen-bond donors (Lipinski definition) is 2. The van der Waals surface area contributed by atoms with Crippen molar-refractivity contribution in [2.24, 2.45) is 11.8 Å². The van der Waals surface area contributed by atoms with Crippen molar-refractivity contribution in [3.63, 3.8) is 0 Å². The Bertz CT molecular complexity index is 742. The summed E-state index contributed by atoms with van der Waals surface area (Å²) in [7, 11) is 0. The zero-order valence-corrected chi connectivity index (χ0v) is 17.3. The number of carbonyl (C=O) groups is 2. The molecule has 0 heterocycles. The van der Waals surface area contributed by atoms with Crippen LogP contribution in [0.15, 0.2) is 60.7 Å². The monoisotopic (exact) mass is 380 g/mol. The highest BCUT2D eigenvalue weighted by atomic mass is 16.2. The molecule has 0 aliphatic carbocycles. The van der Waals surface area contributed by atoms with Crippen LogP contribution in [0, 0.1) is 11.8 Å². The third-order valence-electron chi connectivity index (χ3n) is 4.79. The van der Waals surface area contributed by atoms with Crippen molar-refractivity contribution >= 4 is 11.8 Å². The van der Waals surface area contributed by atoms with E-state index >= 15 is 0 Å². The standard InChI is InChI=1S/C24H32N2O2/c1-17(2)21(15-19-11-7-5-8-12-19)23(27)26-22(24(28)25-18(3)4)16-20-13-9-6-10-14-20/h5-14,17-18,21-22H,15-16H2,1-4H3,(H,25,28)(H,26,27). The highest BCUT2D eigenvalue weighted by Gasteiger charge is 2.28. The molecule has 2 aromatic rings. The fraction of sp³-hybridized carbons (Fsp3) is 0.417. The molecule has 0 spiro atoms. The Morgan fingerprint density at radius 2 is 1.21 bits per heavy atom. The van der Waals surface area contributed by atoms with E-state index < -0.39 is 6.04 Å². The van der Waals surface area contributed by atoms with Crippen molar-refractivity contribution in [2.45, 2.75) is 52.6 Å². The van der Waals surface area contributed by atoms with E-state index in [0.717, 1.165) is 11.1 Å². The molecule has 2 aromatic carbocycles. The summed E-state index contributed by atoms with van der Waals surface area (Å²) in [5.74, 6) is -0.230. The number of hydrogen-bond acceptors (Lipinski definition) is 2. The van der Waals surface area contributed by atoms with Gasteiger partial charge in [-0.2, -0.15) is 0 Å². The fourth-order valence-corrected chi connectivity index (χ4v) is 3.22. The summed E-state index contributed by atoms with van der Waals surface area (Å²) in [6.45, 7) is 7.94. The first-order chi connectivity index (χ1) is 13.4. The number of nitrogens with one attached hydrogen (secondary N) is 2. The molecule has 2 amide bonds. The molecular weight excluding hydrogens is 348 g/mol. The minimum Gasteiger partial charge on any atom is -0.352 e. The van der Waals surface area contributed by atoms with E-state index in [4.69, 9.17) is 0 Å². The van der Waals surface area contributed by atoms with Gasteiger partial charge in [-0.15, -0.1) is 0 Å². The van der Waals surface area contributed by atoms with Crippen LogP contribution in [0.2, 0.25) is 0 Å². The Balaban J connectivity index is 2.14. The third-order valence-corrected chi connectivity index (χ3v) is 4.79. The van der Waals surface area contributed by atoms with Gasteiger partial charge in [0, 0.05) is 18.4 Å². The van der Waals surface area contributed by atoms with E-state index in [-0.39, 0.29) is 29.7 Å². The fourth-order valence-electron chi connectivity index (χ4n) is 3.22. The van der Waals surface area contributed by atoms with Crippen LogP contribution in [0.5, 0.6) is 0 Å². The topological polar surface area (TPSA) is 58.2 Å². The van der Waals surface area contributed by atoms with E-state index in [1.165, 1.54) is 0 Å². The lowest BCUT2D eigenvalue weighted by atomic mass is 9.88. The molecule has 0 aromatic heterocycles. The quantitative estimate of drug-likeness (QED) is 0.696. The van der Waals surface area contributed by atoms with Crippen LogP contribution in [-0.2, 0) is 22.4 Å². The van der Waals surface area contributed by atoms with E-state index in [1.807, 2.05) is 88.4 Å². The van der Waals surface area contributed by atoms with Crippen molar-refractivity contribution in [1.82, 2.24) is 10.6 Å². The summed E-state index contributed by atoms with van der Waals surface area (Å²) in [4.78, 5) is 25.8. The maximum absolute atomic E-state index is 13.1. The van der Waals surface area contributed by atoms with Gasteiger partial charge in [0.25, 0.3) is 0 Å². The molecule has 0 aliphatic rings. The Hall–Kier alpha value is -2.62. The first-order valence-electron chi connectivity index (χ1n) is 10.1. The predicted octanol–water partition coefficient (Wildman–Crippen LogP) is 3.75. The molecule has 0 saturated heterocycles. The third kappa shape index (κ3) is 6.84. The lowest BCUT2D eigenvalue weighted by Crippen LogP contribution is -2.51. The average molecular weight is 381 g/mol. The number of carbonyl (C=O) groups excluding carboxylic acids is 2. The molecule has 0 radical (unpaired) electrons. The van der Waals surface area contributed by atoms with Crippen LogP contribution >= 0.6 is 0 Å². The molecule has 0 saturated carbocycles. The van der Waals surface area contributed by atoms with Gasteiger partial charge >= 0.3 is 0 Å². The van der Waals surface area contributed by atoms with Gasteiger partial charge in [0.15, 0.2) is 0 Å². The van der Waals surface area contributed by atoms with Gasteiger partial charge in [0.2, 0.25) is 11.8 Å². The van der Waals surface area contributed by atoms with Crippen LogP contribution in [0.1, 0.15) is 38.8 Å². The second kappa shape index (κ2) is 10.6. The normalized spacial score (nSPS) is 13.2. The van der Waals surface area contributed by atoms with Gasteiger partial charge in [0.1, 0.15) is 6.04 Å². The molecule has 2 N–H and O–H groups in total. The smallest absolute Gasteiger partial charge is 0.243 e. The van der Waals surface area contributed by atoms with E-state index in [1.54, 1.807) is 0 Å². The van der Waals surface area contributed by atoms with Crippen LogP contribution in [0.4, 0.5) is 0 Å². The Morgan fingerprint density at radius 3 is 1.68 bits per heavy atom. The maximum atomic E-state index is 13.1. The van der Waals surface area contributed by atoms with Gasteiger partial charge in [-0.1, -0.05) is 74.5 Å². The molecule has 4 nitrogen and oxygen atoms in total.